The highest BCUT2D eigenvalue weighted by molar-refractivity contribution is 5.85. The minimum absolute atomic E-state index is 0. The van der Waals surface area contributed by atoms with E-state index in [9.17, 15) is 0 Å². The quantitative estimate of drug-likeness (QED) is 0.778. The summed E-state index contributed by atoms with van der Waals surface area (Å²) < 4.78 is 0. The summed E-state index contributed by atoms with van der Waals surface area (Å²) in [6.07, 6.45) is 0. The Morgan fingerprint density at radius 1 is 1.31 bits per heavy atom. The van der Waals surface area contributed by atoms with Crippen LogP contribution >= 0.6 is 12.4 Å². The van der Waals surface area contributed by atoms with Crippen LogP contribution in [0, 0.1) is 6.92 Å². The maximum atomic E-state index is 8.97. The Hall–Kier alpha value is -0.570. The van der Waals surface area contributed by atoms with Gasteiger partial charge >= 0.3 is 0 Å². The molecule has 1 atom stereocenters. The van der Waals surface area contributed by atoms with E-state index in [0.29, 0.717) is 6.54 Å². The van der Waals surface area contributed by atoms with Crippen molar-refractivity contribution in [3.8, 4) is 0 Å². The molecule has 0 saturated carbocycles. The second-order valence-electron chi connectivity index (χ2n) is 3.03. The molecular formula is C10H16ClNO. The van der Waals surface area contributed by atoms with Crippen LogP contribution < -0.4 is 5.73 Å². The second-order valence-corrected chi connectivity index (χ2v) is 3.03. The molecular weight excluding hydrogens is 186 g/mol. The smallest absolute Gasteiger partial charge is 0.0511 e. The number of hydrogen-bond donors (Lipinski definition) is 2. The van der Waals surface area contributed by atoms with Gasteiger partial charge in [-0.2, -0.15) is 0 Å². The number of aliphatic hydroxyl groups excluding tert-OH is 1. The summed E-state index contributed by atoms with van der Waals surface area (Å²) in [6, 6.07) is 8.10. The third-order valence-corrected chi connectivity index (χ3v) is 2.05. The molecule has 0 spiro atoms. The molecule has 0 heterocycles. The fraction of sp³-hybridized carbons (Fsp3) is 0.400. The number of halogens is 1. The molecule has 1 rings (SSSR count). The zero-order valence-electron chi connectivity index (χ0n) is 7.73. The number of benzene rings is 1. The number of aryl methyl sites for hydroxylation is 1. The lowest BCUT2D eigenvalue weighted by Gasteiger charge is -2.11. The van der Waals surface area contributed by atoms with Gasteiger partial charge in [-0.15, -0.1) is 12.4 Å². The second kappa shape index (κ2) is 5.97. The van der Waals surface area contributed by atoms with Gasteiger partial charge in [0.05, 0.1) is 6.61 Å². The van der Waals surface area contributed by atoms with Crippen LogP contribution in [-0.4, -0.2) is 18.3 Å². The molecule has 0 saturated heterocycles. The van der Waals surface area contributed by atoms with Gasteiger partial charge in [0.15, 0.2) is 0 Å². The number of rotatable bonds is 3. The first-order valence-corrected chi connectivity index (χ1v) is 4.15. The summed E-state index contributed by atoms with van der Waals surface area (Å²) in [4.78, 5) is 0. The van der Waals surface area contributed by atoms with Crippen LogP contribution in [0.2, 0.25) is 0 Å². The summed E-state index contributed by atoms with van der Waals surface area (Å²) >= 11 is 0. The Kier molecular flexibility index (Phi) is 5.71. The maximum Gasteiger partial charge on any atom is 0.0511 e. The number of aliphatic hydroxyl groups is 1. The lowest BCUT2D eigenvalue weighted by molar-refractivity contribution is 0.268. The van der Waals surface area contributed by atoms with Gasteiger partial charge in [-0.25, -0.2) is 0 Å². The van der Waals surface area contributed by atoms with Crippen LogP contribution in [0.4, 0.5) is 0 Å². The molecule has 0 aliphatic carbocycles. The average molecular weight is 202 g/mol. The monoisotopic (exact) mass is 201 g/mol. The predicted octanol–water partition coefficient (Wildman–Crippen LogP) is 1.45. The van der Waals surface area contributed by atoms with Crippen molar-refractivity contribution in [2.45, 2.75) is 12.8 Å². The van der Waals surface area contributed by atoms with E-state index in [0.717, 1.165) is 5.56 Å². The van der Waals surface area contributed by atoms with Crippen molar-refractivity contribution in [3.05, 3.63) is 35.4 Å². The molecule has 0 aliphatic rings. The highest BCUT2D eigenvalue weighted by Gasteiger charge is 2.06. The molecule has 3 N–H and O–H groups in total. The fourth-order valence-electron chi connectivity index (χ4n) is 1.15. The first-order valence-electron chi connectivity index (χ1n) is 4.15. The SMILES string of the molecule is Cc1ccc([C@H](CN)CO)cc1.Cl. The minimum Gasteiger partial charge on any atom is -0.396 e. The Balaban J connectivity index is 0.00000144. The fourth-order valence-corrected chi connectivity index (χ4v) is 1.15. The zero-order chi connectivity index (χ0) is 8.97. The van der Waals surface area contributed by atoms with Gasteiger partial charge in [0.25, 0.3) is 0 Å². The molecule has 1 aromatic rings. The van der Waals surface area contributed by atoms with E-state index in [4.69, 9.17) is 10.8 Å². The van der Waals surface area contributed by atoms with Gasteiger partial charge in [-0.05, 0) is 12.5 Å². The van der Waals surface area contributed by atoms with Gasteiger partial charge in [-0.3, -0.25) is 0 Å². The van der Waals surface area contributed by atoms with Crippen LogP contribution in [0.3, 0.4) is 0 Å². The van der Waals surface area contributed by atoms with Crippen molar-refractivity contribution in [1.82, 2.24) is 0 Å². The maximum absolute atomic E-state index is 8.97. The molecule has 0 aliphatic heterocycles. The van der Waals surface area contributed by atoms with Crippen molar-refractivity contribution in [2.75, 3.05) is 13.2 Å². The van der Waals surface area contributed by atoms with E-state index in [-0.39, 0.29) is 24.9 Å². The first-order chi connectivity index (χ1) is 5.77. The van der Waals surface area contributed by atoms with E-state index >= 15 is 0 Å². The first kappa shape index (κ1) is 12.4. The average Bonchev–Trinajstić information content (AvgIpc) is 2.10. The van der Waals surface area contributed by atoms with E-state index < -0.39 is 0 Å². The third-order valence-electron chi connectivity index (χ3n) is 2.05. The lowest BCUT2D eigenvalue weighted by Crippen LogP contribution is -2.15. The molecule has 2 nitrogen and oxygen atoms in total. The van der Waals surface area contributed by atoms with E-state index in [1.165, 1.54) is 5.56 Å². The van der Waals surface area contributed by atoms with Gasteiger partial charge in [0.2, 0.25) is 0 Å². The third kappa shape index (κ3) is 3.35. The minimum atomic E-state index is 0. The summed E-state index contributed by atoms with van der Waals surface area (Å²) in [7, 11) is 0. The van der Waals surface area contributed by atoms with E-state index in [1.54, 1.807) is 0 Å². The molecule has 0 bridgehead atoms. The van der Waals surface area contributed by atoms with E-state index in [2.05, 4.69) is 0 Å². The van der Waals surface area contributed by atoms with Gasteiger partial charge < -0.3 is 10.8 Å². The summed E-state index contributed by atoms with van der Waals surface area (Å²) in [5, 5.41) is 8.97. The van der Waals surface area contributed by atoms with Crippen LogP contribution in [-0.2, 0) is 0 Å². The van der Waals surface area contributed by atoms with Gasteiger partial charge in [-0.1, -0.05) is 29.8 Å². The highest BCUT2D eigenvalue weighted by Crippen LogP contribution is 2.13. The summed E-state index contributed by atoms with van der Waals surface area (Å²) in [6.45, 7) is 2.67. The molecule has 0 fully saturated rings. The highest BCUT2D eigenvalue weighted by atomic mass is 35.5. The Morgan fingerprint density at radius 3 is 2.23 bits per heavy atom. The van der Waals surface area contributed by atoms with Crippen molar-refractivity contribution in [1.29, 1.82) is 0 Å². The Labute approximate surface area is 85.2 Å². The largest absolute Gasteiger partial charge is 0.396 e. The Bertz CT molecular complexity index is 231. The van der Waals surface area contributed by atoms with Crippen LogP contribution in [0.1, 0.15) is 17.0 Å². The Morgan fingerprint density at radius 2 is 1.85 bits per heavy atom. The molecule has 1 aromatic carbocycles. The predicted molar refractivity (Wildman–Crippen MR) is 57.3 cm³/mol. The van der Waals surface area contributed by atoms with Crippen LogP contribution in [0.25, 0.3) is 0 Å². The number of hydrogen-bond acceptors (Lipinski definition) is 2. The normalized spacial score (nSPS) is 11.9. The van der Waals surface area contributed by atoms with Crippen LogP contribution in [0.15, 0.2) is 24.3 Å². The molecule has 0 aromatic heterocycles. The molecule has 0 amide bonds. The zero-order valence-corrected chi connectivity index (χ0v) is 8.55. The molecule has 0 radical (unpaired) electrons. The standard InChI is InChI=1S/C10H15NO.ClH/c1-8-2-4-9(5-3-8)10(6-11)7-12;/h2-5,10,12H,6-7,11H2,1H3;1H/t10-;/m1./s1. The van der Waals surface area contributed by atoms with Crippen molar-refractivity contribution < 1.29 is 5.11 Å². The van der Waals surface area contributed by atoms with Gasteiger partial charge in [0.1, 0.15) is 0 Å². The van der Waals surface area contributed by atoms with Crippen molar-refractivity contribution in [2.24, 2.45) is 5.73 Å². The topological polar surface area (TPSA) is 46.2 Å². The lowest BCUT2D eigenvalue weighted by atomic mass is 9.99. The number of nitrogens with two attached hydrogens (primary N) is 1. The van der Waals surface area contributed by atoms with Gasteiger partial charge in [0, 0.05) is 12.5 Å². The summed E-state index contributed by atoms with van der Waals surface area (Å²) in [5.41, 5.74) is 7.84. The summed E-state index contributed by atoms with van der Waals surface area (Å²) in [5.74, 6) is 0.0885. The molecule has 3 heteroatoms. The molecule has 0 unspecified atom stereocenters. The van der Waals surface area contributed by atoms with E-state index in [1.807, 2.05) is 31.2 Å². The van der Waals surface area contributed by atoms with Crippen molar-refractivity contribution >= 4 is 12.4 Å². The molecule has 74 valence electrons. The van der Waals surface area contributed by atoms with Crippen molar-refractivity contribution in [3.63, 3.8) is 0 Å². The molecule has 13 heavy (non-hydrogen) atoms. The van der Waals surface area contributed by atoms with Crippen LogP contribution in [0.5, 0.6) is 0 Å².